The molecule has 1 aliphatic heterocycles. The average Bonchev–Trinajstić information content (AvgIpc) is 3.16. The number of carbonyl (C=O) groups is 4. The first kappa shape index (κ1) is 19.3. The van der Waals surface area contributed by atoms with Crippen molar-refractivity contribution in [2.24, 2.45) is 5.73 Å². The summed E-state index contributed by atoms with van der Waals surface area (Å²) in [7, 11) is 0. The van der Waals surface area contributed by atoms with Gasteiger partial charge in [-0.1, -0.05) is 11.6 Å². The molecule has 1 unspecified atom stereocenters. The lowest BCUT2D eigenvalue weighted by molar-refractivity contribution is -0.120. The van der Waals surface area contributed by atoms with Crippen LogP contribution in [0.5, 0.6) is 0 Å². The highest BCUT2D eigenvalue weighted by atomic mass is 32.1. The predicted molar refractivity (Wildman–Crippen MR) is 111 cm³/mol. The van der Waals surface area contributed by atoms with Crippen LogP contribution in [-0.2, 0) is 22.4 Å². The number of hydrogen-bond acceptors (Lipinski definition) is 5. The van der Waals surface area contributed by atoms with E-state index in [-0.39, 0.29) is 0 Å². The molecule has 2 aromatic rings. The van der Waals surface area contributed by atoms with Crippen LogP contribution >= 0.6 is 11.3 Å². The number of benzene rings is 1. The van der Waals surface area contributed by atoms with Crippen molar-refractivity contribution in [1.29, 1.82) is 0 Å². The molecule has 0 saturated carbocycles. The van der Waals surface area contributed by atoms with Crippen molar-refractivity contribution in [3.8, 4) is 0 Å². The number of thiophene rings is 1. The Morgan fingerprint density at radius 3 is 2.66 bits per heavy atom. The summed E-state index contributed by atoms with van der Waals surface area (Å²) in [6.07, 6.45) is 3.64. The van der Waals surface area contributed by atoms with Crippen molar-refractivity contribution in [1.82, 2.24) is 0 Å². The highest BCUT2D eigenvalue weighted by Gasteiger charge is 2.41. The van der Waals surface area contributed by atoms with E-state index < -0.39 is 29.5 Å². The first-order chi connectivity index (χ1) is 13.8. The molecule has 4 rings (SSSR count). The maximum absolute atomic E-state index is 13.0. The molecule has 7 nitrogen and oxygen atoms in total. The molecule has 1 aromatic carbocycles. The topological polar surface area (TPSA) is 110 Å². The van der Waals surface area contributed by atoms with Crippen LogP contribution in [0.25, 0.3) is 0 Å². The summed E-state index contributed by atoms with van der Waals surface area (Å²) < 4.78 is 0. The quantitative estimate of drug-likeness (QED) is 0.754. The first-order valence-corrected chi connectivity index (χ1v) is 10.3. The maximum Gasteiger partial charge on any atom is 0.300 e. The van der Waals surface area contributed by atoms with Crippen LogP contribution in [-0.4, -0.2) is 29.5 Å². The highest BCUT2D eigenvalue weighted by Crippen LogP contribution is 2.38. The van der Waals surface area contributed by atoms with Crippen LogP contribution in [0.3, 0.4) is 0 Å². The Morgan fingerprint density at radius 1 is 1.21 bits per heavy atom. The Balaban J connectivity index is 1.64. The van der Waals surface area contributed by atoms with Crippen molar-refractivity contribution in [2.45, 2.75) is 45.6 Å². The van der Waals surface area contributed by atoms with Crippen LogP contribution in [0.1, 0.15) is 56.5 Å². The smallest absolute Gasteiger partial charge is 0.300 e. The van der Waals surface area contributed by atoms with E-state index in [0.717, 1.165) is 41.7 Å². The number of nitrogens with zero attached hydrogens (tertiary/aromatic N) is 1. The van der Waals surface area contributed by atoms with Crippen LogP contribution in [0.4, 0.5) is 10.7 Å². The summed E-state index contributed by atoms with van der Waals surface area (Å²) in [5.41, 5.74) is 8.46. The van der Waals surface area contributed by atoms with Gasteiger partial charge in [-0.15, -0.1) is 11.3 Å². The van der Waals surface area contributed by atoms with Gasteiger partial charge in [0.15, 0.2) is 0 Å². The Labute approximate surface area is 171 Å². The highest BCUT2D eigenvalue weighted by molar-refractivity contribution is 7.17. The average molecular weight is 411 g/mol. The molecule has 8 heteroatoms. The van der Waals surface area contributed by atoms with Crippen LogP contribution in [0.15, 0.2) is 18.2 Å². The van der Waals surface area contributed by atoms with E-state index in [4.69, 9.17) is 5.73 Å². The SMILES string of the molecule is Cc1ccc2c(c1)C(=O)C(=O)N2C(C)C(=O)Nc1sc2c(c1C(N)=O)CCCC2. The molecule has 29 heavy (non-hydrogen) atoms. The summed E-state index contributed by atoms with van der Waals surface area (Å²) in [5, 5.41) is 3.20. The van der Waals surface area contributed by atoms with Crippen molar-refractivity contribution in [3.05, 3.63) is 45.3 Å². The van der Waals surface area contributed by atoms with Crippen molar-refractivity contribution < 1.29 is 19.2 Å². The normalized spacial score (nSPS) is 16.4. The third-order valence-electron chi connectivity index (χ3n) is 5.49. The molecule has 0 spiro atoms. The van der Waals surface area contributed by atoms with Crippen LogP contribution in [0, 0.1) is 6.92 Å². The molecule has 0 fully saturated rings. The summed E-state index contributed by atoms with van der Waals surface area (Å²) in [6.45, 7) is 3.40. The first-order valence-electron chi connectivity index (χ1n) is 9.53. The molecule has 3 N–H and O–H groups in total. The molecule has 2 heterocycles. The van der Waals surface area contributed by atoms with E-state index in [1.807, 2.05) is 6.92 Å². The van der Waals surface area contributed by atoms with Gasteiger partial charge in [-0.05, 0) is 57.2 Å². The Kier molecular flexibility index (Phi) is 4.74. The Morgan fingerprint density at radius 2 is 1.93 bits per heavy atom. The fourth-order valence-corrected chi connectivity index (χ4v) is 5.31. The van der Waals surface area contributed by atoms with E-state index in [1.165, 1.54) is 16.2 Å². The molecule has 150 valence electrons. The number of nitrogens with two attached hydrogens (primary N) is 1. The fourth-order valence-electron chi connectivity index (χ4n) is 4.01. The Hall–Kier alpha value is -3.00. The van der Waals surface area contributed by atoms with Gasteiger partial charge in [-0.2, -0.15) is 0 Å². The minimum Gasteiger partial charge on any atom is -0.365 e. The number of amides is 3. The van der Waals surface area contributed by atoms with E-state index >= 15 is 0 Å². The molecule has 0 saturated heterocycles. The lowest BCUT2D eigenvalue weighted by Gasteiger charge is -2.23. The van der Waals surface area contributed by atoms with E-state index in [2.05, 4.69) is 5.32 Å². The predicted octanol–water partition coefficient (Wildman–Crippen LogP) is 2.59. The zero-order valence-electron chi connectivity index (χ0n) is 16.2. The molecule has 0 radical (unpaired) electrons. The van der Waals surface area contributed by atoms with Crippen molar-refractivity contribution in [2.75, 3.05) is 10.2 Å². The van der Waals surface area contributed by atoms with Gasteiger partial charge in [0, 0.05) is 4.88 Å². The molecule has 0 bridgehead atoms. The van der Waals surface area contributed by atoms with E-state index in [0.29, 0.717) is 21.8 Å². The monoisotopic (exact) mass is 411 g/mol. The van der Waals surface area contributed by atoms with Crippen molar-refractivity contribution in [3.63, 3.8) is 0 Å². The van der Waals surface area contributed by atoms with Gasteiger partial charge < -0.3 is 11.1 Å². The van der Waals surface area contributed by atoms with Crippen LogP contribution < -0.4 is 16.0 Å². The van der Waals surface area contributed by atoms with Gasteiger partial charge in [-0.3, -0.25) is 24.1 Å². The number of Topliss-reactive ketones (excluding diaryl/α,β-unsaturated/α-hetero) is 1. The molecule has 1 aliphatic carbocycles. The number of fused-ring (bicyclic) bond motifs is 2. The number of anilines is 2. The third-order valence-corrected chi connectivity index (χ3v) is 6.70. The number of nitrogens with one attached hydrogen (secondary N) is 1. The van der Waals surface area contributed by atoms with Gasteiger partial charge in [0.25, 0.3) is 17.6 Å². The summed E-state index contributed by atoms with van der Waals surface area (Å²) in [5.74, 6) is -2.39. The number of hydrogen-bond donors (Lipinski definition) is 2. The van der Waals surface area contributed by atoms with Gasteiger partial charge in [0.1, 0.15) is 11.0 Å². The number of aryl methyl sites for hydroxylation is 2. The van der Waals surface area contributed by atoms with E-state index in [1.54, 1.807) is 25.1 Å². The minimum atomic E-state index is -0.921. The standard InChI is InChI=1S/C21H21N3O4S/c1-10-7-8-14-13(9-10)17(25)21(28)24(14)11(2)19(27)23-20-16(18(22)26)12-5-3-4-6-15(12)29-20/h7-9,11H,3-6H2,1-2H3,(H2,22,26)(H,23,27). The fraction of sp³-hybridized carbons (Fsp3) is 0.333. The zero-order chi connectivity index (χ0) is 20.9. The number of rotatable bonds is 4. The summed E-state index contributed by atoms with van der Waals surface area (Å²) in [6, 6.07) is 4.20. The molecule has 1 aromatic heterocycles. The van der Waals surface area contributed by atoms with Crippen molar-refractivity contribution >= 4 is 45.5 Å². The van der Waals surface area contributed by atoms with Crippen LogP contribution in [0.2, 0.25) is 0 Å². The minimum absolute atomic E-state index is 0.305. The molecule has 1 atom stereocenters. The number of ketones is 1. The second-order valence-corrected chi connectivity index (χ2v) is 8.57. The molecular formula is C21H21N3O4S. The molecular weight excluding hydrogens is 390 g/mol. The second-order valence-electron chi connectivity index (χ2n) is 7.47. The Bertz CT molecular complexity index is 1070. The van der Waals surface area contributed by atoms with Gasteiger partial charge >= 0.3 is 0 Å². The maximum atomic E-state index is 13.0. The second kappa shape index (κ2) is 7.11. The summed E-state index contributed by atoms with van der Waals surface area (Å²) >= 11 is 1.36. The van der Waals surface area contributed by atoms with Gasteiger partial charge in [-0.25, -0.2) is 0 Å². The van der Waals surface area contributed by atoms with Gasteiger partial charge in [0.2, 0.25) is 5.91 Å². The lowest BCUT2D eigenvalue weighted by Crippen LogP contribution is -2.45. The number of primary amides is 1. The molecule has 2 aliphatic rings. The largest absolute Gasteiger partial charge is 0.365 e. The zero-order valence-corrected chi connectivity index (χ0v) is 17.0. The van der Waals surface area contributed by atoms with Gasteiger partial charge in [0.05, 0.1) is 16.8 Å². The lowest BCUT2D eigenvalue weighted by atomic mass is 9.95. The molecule has 3 amide bonds. The third kappa shape index (κ3) is 3.13. The summed E-state index contributed by atoms with van der Waals surface area (Å²) in [4.78, 5) is 52.1. The van der Waals surface area contributed by atoms with E-state index in [9.17, 15) is 19.2 Å². The number of carbonyl (C=O) groups excluding carboxylic acids is 4.